The fourth-order valence-electron chi connectivity index (χ4n) is 1.53. The lowest BCUT2D eigenvalue weighted by Gasteiger charge is -2.05. The molecule has 2 aromatic rings. The van der Waals surface area contributed by atoms with Gasteiger partial charge in [-0.3, -0.25) is 4.79 Å². The summed E-state index contributed by atoms with van der Waals surface area (Å²) >= 11 is 4.89. The zero-order valence-electron chi connectivity index (χ0n) is 9.99. The molecule has 0 spiro atoms. The Kier molecular flexibility index (Phi) is 4.11. The van der Waals surface area contributed by atoms with Crippen molar-refractivity contribution < 1.29 is 13.9 Å². The van der Waals surface area contributed by atoms with Crippen LogP contribution in [0.2, 0.25) is 0 Å². The molecule has 6 heteroatoms. The summed E-state index contributed by atoms with van der Waals surface area (Å²) < 4.78 is 10.4. The van der Waals surface area contributed by atoms with Crippen molar-refractivity contribution in [3.63, 3.8) is 0 Å². The Morgan fingerprint density at radius 2 is 2.39 bits per heavy atom. The highest BCUT2D eigenvalue weighted by molar-refractivity contribution is 7.71. The van der Waals surface area contributed by atoms with Crippen LogP contribution in [0.1, 0.15) is 13.3 Å². The minimum absolute atomic E-state index is 0.0580. The third-order valence-electron chi connectivity index (χ3n) is 2.29. The summed E-state index contributed by atoms with van der Waals surface area (Å²) in [6.45, 7) is 2.63. The zero-order chi connectivity index (χ0) is 13.0. The molecule has 0 unspecified atom stereocenters. The van der Waals surface area contributed by atoms with E-state index in [0.717, 1.165) is 11.9 Å². The van der Waals surface area contributed by atoms with Crippen LogP contribution in [0.3, 0.4) is 0 Å². The lowest BCUT2D eigenvalue weighted by Crippen LogP contribution is -2.18. The number of carbonyl (C=O) groups excluding carboxylic acids is 1. The molecule has 1 aromatic heterocycles. The Bertz CT molecular complexity index is 603. The van der Waals surface area contributed by atoms with Gasteiger partial charge >= 0.3 is 0 Å². The summed E-state index contributed by atoms with van der Waals surface area (Å²) in [4.78, 5) is 14.7. The molecule has 0 bridgehead atoms. The molecule has 1 amide bonds. The van der Waals surface area contributed by atoms with Gasteiger partial charge in [0.1, 0.15) is 6.61 Å². The summed E-state index contributed by atoms with van der Waals surface area (Å²) in [7, 11) is 0. The van der Waals surface area contributed by atoms with Crippen LogP contribution in [0.5, 0.6) is 0 Å². The molecule has 5 nitrogen and oxygen atoms in total. The number of benzene rings is 1. The molecule has 0 aliphatic heterocycles. The number of anilines is 1. The molecule has 0 saturated carbocycles. The topological polar surface area (TPSA) is 67.3 Å². The standard InChI is InChI=1S/C12H14N2O3S/c1-2-5-16-7-11(15)13-8-3-4-9-10(6-8)17-12(18)14-9/h3-4,6H,2,5,7H2,1H3,(H,13,15)(H,14,18). The van der Waals surface area contributed by atoms with Gasteiger partial charge in [0.25, 0.3) is 4.84 Å². The molecule has 1 aromatic carbocycles. The number of hydrogen-bond donors (Lipinski definition) is 2. The molecule has 0 atom stereocenters. The Labute approximate surface area is 109 Å². The number of rotatable bonds is 5. The monoisotopic (exact) mass is 266 g/mol. The van der Waals surface area contributed by atoms with Gasteiger partial charge in [-0.1, -0.05) is 6.92 Å². The van der Waals surface area contributed by atoms with Crippen molar-refractivity contribution in [2.75, 3.05) is 18.5 Å². The number of ether oxygens (including phenoxy) is 1. The van der Waals surface area contributed by atoms with E-state index < -0.39 is 0 Å². The van der Waals surface area contributed by atoms with Crippen LogP contribution in [0.15, 0.2) is 22.6 Å². The number of nitrogens with one attached hydrogen (secondary N) is 2. The number of H-pyrrole nitrogens is 1. The molecule has 96 valence electrons. The van der Waals surface area contributed by atoms with Crippen molar-refractivity contribution in [3.8, 4) is 0 Å². The Hall–Kier alpha value is -1.66. The molecule has 0 aliphatic carbocycles. The lowest BCUT2D eigenvalue weighted by molar-refractivity contribution is -0.120. The summed E-state index contributed by atoms with van der Waals surface area (Å²) in [5.74, 6) is -0.183. The third-order valence-corrected chi connectivity index (χ3v) is 2.47. The largest absolute Gasteiger partial charge is 0.429 e. The van der Waals surface area contributed by atoms with E-state index >= 15 is 0 Å². The Morgan fingerprint density at radius 3 is 3.17 bits per heavy atom. The van der Waals surface area contributed by atoms with Gasteiger partial charge < -0.3 is 19.5 Å². The van der Waals surface area contributed by atoms with E-state index in [4.69, 9.17) is 21.4 Å². The number of amides is 1. The minimum Gasteiger partial charge on any atom is -0.429 e. The molecule has 18 heavy (non-hydrogen) atoms. The van der Waals surface area contributed by atoms with Crippen molar-refractivity contribution in [1.82, 2.24) is 4.98 Å². The summed E-state index contributed by atoms with van der Waals surface area (Å²) in [6, 6.07) is 5.30. The number of fused-ring (bicyclic) bond motifs is 1. The third kappa shape index (κ3) is 3.18. The van der Waals surface area contributed by atoms with Crippen LogP contribution >= 0.6 is 12.2 Å². The highest BCUT2D eigenvalue weighted by Crippen LogP contribution is 2.18. The van der Waals surface area contributed by atoms with E-state index in [1.807, 2.05) is 6.92 Å². The predicted octanol–water partition coefficient (Wildman–Crippen LogP) is 2.86. The van der Waals surface area contributed by atoms with Crippen molar-refractivity contribution in [2.45, 2.75) is 13.3 Å². The van der Waals surface area contributed by atoms with E-state index in [1.165, 1.54) is 0 Å². The average Bonchev–Trinajstić information content (AvgIpc) is 2.69. The predicted molar refractivity (Wildman–Crippen MR) is 71.1 cm³/mol. The van der Waals surface area contributed by atoms with Gasteiger partial charge in [0.15, 0.2) is 5.58 Å². The number of aromatic nitrogens is 1. The Balaban J connectivity index is 2.02. The highest BCUT2D eigenvalue weighted by Gasteiger charge is 2.05. The van der Waals surface area contributed by atoms with E-state index in [2.05, 4.69) is 10.3 Å². The van der Waals surface area contributed by atoms with Crippen LogP contribution in [0.25, 0.3) is 11.1 Å². The van der Waals surface area contributed by atoms with Crippen molar-refractivity contribution in [3.05, 3.63) is 23.0 Å². The molecule has 0 fully saturated rings. The van der Waals surface area contributed by atoms with Crippen molar-refractivity contribution >= 4 is 34.9 Å². The fraction of sp³-hybridized carbons (Fsp3) is 0.333. The molecular weight excluding hydrogens is 252 g/mol. The SMILES string of the molecule is CCCOCC(=O)Nc1ccc2[nH]c(=S)oc2c1. The summed E-state index contributed by atoms with van der Waals surface area (Å²) in [6.07, 6.45) is 0.892. The second-order valence-electron chi connectivity index (χ2n) is 3.83. The first-order valence-corrected chi connectivity index (χ1v) is 6.10. The second-order valence-corrected chi connectivity index (χ2v) is 4.20. The maximum atomic E-state index is 11.5. The highest BCUT2D eigenvalue weighted by atomic mass is 32.1. The first kappa shape index (κ1) is 12.8. The van der Waals surface area contributed by atoms with Gasteiger partial charge in [0, 0.05) is 18.4 Å². The number of hydrogen-bond acceptors (Lipinski definition) is 4. The Morgan fingerprint density at radius 1 is 1.56 bits per heavy atom. The first-order valence-electron chi connectivity index (χ1n) is 5.69. The average molecular weight is 266 g/mol. The maximum absolute atomic E-state index is 11.5. The molecule has 0 aliphatic rings. The van der Waals surface area contributed by atoms with Crippen molar-refractivity contribution in [2.24, 2.45) is 0 Å². The van der Waals surface area contributed by atoms with Crippen LogP contribution in [0, 0.1) is 4.84 Å². The lowest BCUT2D eigenvalue weighted by atomic mass is 10.3. The number of carbonyl (C=O) groups is 1. The van der Waals surface area contributed by atoms with Crippen LogP contribution in [-0.4, -0.2) is 24.1 Å². The van der Waals surface area contributed by atoms with Gasteiger partial charge in [-0.2, -0.15) is 0 Å². The second kappa shape index (κ2) is 5.79. The molecular formula is C12H14N2O3S. The number of aromatic amines is 1. The molecule has 0 radical (unpaired) electrons. The molecule has 2 rings (SSSR count). The van der Waals surface area contributed by atoms with E-state index in [-0.39, 0.29) is 12.5 Å². The van der Waals surface area contributed by atoms with Crippen molar-refractivity contribution in [1.29, 1.82) is 0 Å². The fourth-order valence-corrected chi connectivity index (χ4v) is 1.73. The van der Waals surface area contributed by atoms with Gasteiger partial charge in [-0.05, 0) is 30.8 Å². The van der Waals surface area contributed by atoms with E-state index in [0.29, 0.717) is 22.7 Å². The van der Waals surface area contributed by atoms with Gasteiger partial charge in [0.05, 0.1) is 5.52 Å². The normalized spacial score (nSPS) is 10.7. The number of oxazole rings is 1. The van der Waals surface area contributed by atoms with Gasteiger partial charge in [-0.25, -0.2) is 0 Å². The first-order chi connectivity index (χ1) is 8.69. The summed E-state index contributed by atoms with van der Waals surface area (Å²) in [5.41, 5.74) is 2.08. The summed E-state index contributed by atoms with van der Waals surface area (Å²) in [5, 5.41) is 2.73. The van der Waals surface area contributed by atoms with Crippen LogP contribution in [0.4, 0.5) is 5.69 Å². The quantitative estimate of drug-likeness (QED) is 0.645. The van der Waals surface area contributed by atoms with Crippen LogP contribution in [-0.2, 0) is 9.53 Å². The molecule has 0 saturated heterocycles. The maximum Gasteiger partial charge on any atom is 0.266 e. The van der Waals surface area contributed by atoms with E-state index in [9.17, 15) is 4.79 Å². The van der Waals surface area contributed by atoms with E-state index in [1.54, 1.807) is 18.2 Å². The zero-order valence-corrected chi connectivity index (χ0v) is 10.8. The van der Waals surface area contributed by atoms with Crippen LogP contribution < -0.4 is 5.32 Å². The smallest absolute Gasteiger partial charge is 0.266 e. The van der Waals surface area contributed by atoms with Gasteiger partial charge in [-0.15, -0.1) is 0 Å². The molecule has 1 heterocycles. The molecule has 2 N–H and O–H groups in total. The minimum atomic E-state index is -0.183. The van der Waals surface area contributed by atoms with Gasteiger partial charge in [0.2, 0.25) is 5.91 Å².